The Labute approximate surface area is 166 Å². The number of hydrogen-bond donors (Lipinski definition) is 1. The third-order valence-electron chi connectivity index (χ3n) is 5.30. The van der Waals surface area contributed by atoms with E-state index in [-0.39, 0.29) is 5.41 Å². The van der Waals surface area contributed by atoms with Gasteiger partial charge in [0.15, 0.2) is 0 Å². The van der Waals surface area contributed by atoms with Crippen LogP contribution in [0.5, 0.6) is 0 Å². The molecule has 0 amide bonds. The third kappa shape index (κ3) is 4.11. The highest BCUT2D eigenvalue weighted by molar-refractivity contribution is 5.76. The molecule has 1 aromatic rings. The maximum atomic E-state index is 10.8. The maximum Gasteiger partial charge on any atom is 0.0821 e. The van der Waals surface area contributed by atoms with Crippen LogP contribution < -0.4 is 4.90 Å². The minimum absolute atomic E-state index is 0.149. The van der Waals surface area contributed by atoms with Gasteiger partial charge in [0.05, 0.1) is 17.0 Å². The van der Waals surface area contributed by atoms with Crippen molar-refractivity contribution in [2.24, 2.45) is 0 Å². The molecule has 1 aliphatic rings. The number of nitrogens with zero attached hydrogens (tertiary/aromatic N) is 1. The highest BCUT2D eigenvalue weighted by Gasteiger charge is 2.41. The smallest absolute Gasteiger partial charge is 0.0821 e. The van der Waals surface area contributed by atoms with Gasteiger partial charge in [-0.25, -0.2) is 0 Å². The second-order valence-corrected chi connectivity index (χ2v) is 7.63. The Morgan fingerprint density at radius 1 is 1.15 bits per heavy atom. The molecule has 1 heterocycles. The van der Waals surface area contributed by atoms with Crippen LogP contribution in [0.4, 0.5) is 5.69 Å². The summed E-state index contributed by atoms with van der Waals surface area (Å²) in [6.07, 6.45) is 6.11. The molecule has 0 aromatic heterocycles. The fraction of sp³-hybridized carbons (Fsp3) is 0.440. The largest absolute Gasteiger partial charge is 0.386 e. The van der Waals surface area contributed by atoms with Crippen molar-refractivity contribution in [2.45, 2.75) is 73.3 Å². The van der Waals surface area contributed by atoms with Gasteiger partial charge in [0.1, 0.15) is 0 Å². The highest BCUT2D eigenvalue weighted by Crippen LogP contribution is 2.50. The number of hydrogen-bond acceptors (Lipinski definition) is 2. The molecule has 1 aliphatic heterocycles. The number of rotatable bonds is 3. The van der Waals surface area contributed by atoms with Gasteiger partial charge in [-0.2, -0.15) is 0 Å². The first-order valence-corrected chi connectivity index (χ1v) is 9.90. The monoisotopic (exact) mass is 367 g/mol. The number of fused-ring (bicyclic) bond motifs is 1. The Morgan fingerprint density at radius 2 is 1.70 bits per heavy atom. The van der Waals surface area contributed by atoms with E-state index in [0.29, 0.717) is 0 Å². The van der Waals surface area contributed by atoms with Crippen molar-refractivity contribution in [1.82, 2.24) is 0 Å². The van der Waals surface area contributed by atoms with Crippen molar-refractivity contribution in [3.8, 4) is 0 Å². The molecule has 2 heteroatoms. The van der Waals surface area contributed by atoms with Crippen molar-refractivity contribution >= 4 is 5.69 Å². The third-order valence-corrected chi connectivity index (χ3v) is 5.30. The molecule has 27 heavy (non-hydrogen) atoms. The molecule has 0 atom stereocenters. The standard InChI is InChI=1S/C23H31NO.C2H6/c1-9-17(10-2)24-20-15-13-12-14-19(20)22(5,6)18(11-3)21(24)16(4)23(7,8)25;1-2/h9-15,25H,1H2,2-8H3;1-2H3/b17-10+,18-11+,21-16-;. The molecule has 0 saturated heterocycles. The molecule has 2 nitrogen and oxygen atoms in total. The predicted octanol–water partition coefficient (Wildman–Crippen LogP) is 6.89. The molecule has 0 fully saturated rings. The zero-order valence-corrected chi connectivity index (χ0v) is 18.6. The SMILES string of the molecule is C=C/C(=C\C)N1C(=C(/C)C(C)(C)O)/C(=C\C)C(C)(C)c2ccccc21.CC. The van der Waals surface area contributed by atoms with E-state index in [0.717, 1.165) is 22.7 Å². The van der Waals surface area contributed by atoms with Gasteiger partial charge in [-0.05, 0) is 63.5 Å². The molecule has 1 N–H and O–H groups in total. The lowest BCUT2D eigenvalue weighted by molar-refractivity contribution is 0.118. The summed E-state index contributed by atoms with van der Waals surface area (Å²) in [7, 11) is 0. The van der Waals surface area contributed by atoms with Crippen molar-refractivity contribution in [3.63, 3.8) is 0 Å². The number of anilines is 1. The number of benzene rings is 1. The molecule has 0 bridgehead atoms. The van der Waals surface area contributed by atoms with Crippen LogP contribution in [0.15, 0.2) is 71.6 Å². The van der Waals surface area contributed by atoms with Gasteiger partial charge in [0.25, 0.3) is 0 Å². The Bertz CT molecular complexity index is 770. The summed E-state index contributed by atoms with van der Waals surface area (Å²) in [6.45, 7) is 22.3. The van der Waals surface area contributed by atoms with Crippen LogP contribution in [0.3, 0.4) is 0 Å². The normalized spacial score (nSPS) is 19.9. The fourth-order valence-electron chi connectivity index (χ4n) is 3.64. The summed E-state index contributed by atoms with van der Waals surface area (Å²) >= 11 is 0. The second kappa shape index (κ2) is 8.75. The molecule has 0 saturated carbocycles. The van der Waals surface area contributed by atoms with Gasteiger partial charge in [-0.15, -0.1) is 0 Å². The van der Waals surface area contributed by atoms with Crippen LogP contribution in [0.1, 0.15) is 67.9 Å². The quantitative estimate of drug-likeness (QED) is 0.588. The Morgan fingerprint density at radius 3 is 2.15 bits per heavy atom. The molecular formula is C25H37NO. The van der Waals surface area contributed by atoms with E-state index in [2.05, 4.69) is 68.7 Å². The number of para-hydroxylation sites is 1. The average Bonchev–Trinajstić information content (AvgIpc) is 2.64. The molecule has 2 rings (SSSR count). The maximum absolute atomic E-state index is 10.8. The summed E-state index contributed by atoms with van der Waals surface area (Å²) in [5.74, 6) is 0. The number of aliphatic hydroxyl groups is 1. The summed E-state index contributed by atoms with van der Waals surface area (Å²) in [5.41, 5.74) is 5.60. The van der Waals surface area contributed by atoms with Crippen LogP contribution in [-0.2, 0) is 5.41 Å². The Hall–Kier alpha value is -2.06. The first-order valence-electron chi connectivity index (χ1n) is 9.90. The van der Waals surface area contributed by atoms with Gasteiger partial charge in [-0.3, -0.25) is 0 Å². The fourth-order valence-corrected chi connectivity index (χ4v) is 3.64. The van der Waals surface area contributed by atoms with Crippen LogP contribution in [0, 0.1) is 0 Å². The molecular weight excluding hydrogens is 330 g/mol. The zero-order chi connectivity index (χ0) is 21.0. The van der Waals surface area contributed by atoms with Crippen LogP contribution in [0.2, 0.25) is 0 Å². The first kappa shape index (κ1) is 23.0. The van der Waals surface area contributed by atoms with Crippen molar-refractivity contribution in [2.75, 3.05) is 4.90 Å². The molecule has 0 spiro atoms. The van der Waals surface area contributed by atoms with Crippen molar-refractivity contribution < 1.29 is 5.11 Å². The summed E-state index contributed by atoms with van der Waals surface area (Å²) in [6, 6.07) is 8.50. The van der Waals surface area contributed by atoms with E-state index in [4.69, 9.17) is 0 Å². The molecule has 0 unspecified atom stereocenters. The van der Waals surface area contributed by atoms with Crippen molar-refractivity contribution in [1.29, 1.82) is 0 Å². The van der Waals surface area contributed by atoms with Gasteiger partial charge in [-0.1, -0.05) is 64.6 Å². The lowest BCUT2D eigenvalue weighted by Gasteiger charge is -2.46. The van der Waals surface area contributed by atoms with Crippen LogP contribution in [0.25, 0.3) is 0 Å². The van der Waals surface area contributed by atoms with E-state index in [1.165, 1.54) is 11.1 Å². The van der Waals surface area contributed by atoms with E-state index in [1.807, 2.05) is 47.6 Å². The Balaban J connectivity index is 0.00000176. The summed E-state index contributed by atoms with van der Waals surface area (Å²) in [4.78, 5) is 2.23. The lowest BCUT2D eigenvalue weighted by atomic mass is 9.70. The van der Waals surface area contributed by atoms with E-state index >= 15 is 0 Å². The minimum Gasteiger partial charge on any atom is -0.386 e. The van der Waals surface area contributed by atoms with Crippen LogP contribution >= 0.6 is 0 Å². The molecule has 0 aliphatic carbocycles. The Kier molecular flexibility index (Phi) is 7.45. The van der Waals surface area contributed by atoms with E-state index < -0.39 is 5.60 Å². The second-order valence-electron chi connectivity index (χ2n) is 7.63. The van der Waals surface area contributed by atoms with Gasteiger partial charge in [0, 0.05) is 11.1 Å². The van der Waals surface area contributed by atoms with E-state index in [1.54, 1.807) is 0 Å². The summed E-state index contributed by atoms with van der Waals surface area (Å²) < 4.78 is 0. The first-order chi connectivity index (χ1) is 12.6. The van der Waals surface area contributed by atoms with Crippen molar-refractivity contribution in [3.05, 3.63) is 77.2 Å². The van der Waals surface area contributed by atoms with Gasteiger partial charge in [0.2, 0.25) is 0 Å². The number of allylic oxidation sites excluding steroid dienone is 4. The van der Waals surface area contributed by atoms with Gasteiger partial charge >= 0.3 is 0 Å². The molecule has 0 radical (unpaired) electrons. The molecule has 1 aromatic carbocycles. The van der Waals surface area contributed by atoms with Gasteiger partial charge < -0.3 is 10.0 Å². The lowest BCUT2D eigenvalue weighted by Crippen LogP contribution is -2.40. The minimum atomic E-state index is -0.912. The average molecular weight is 368 g/mol. The van der Waals surface area contributed by atoms with Crippen LogP contribution in [-0.4, -0.2) is 10.7 Å². The molecule has 148 valence electrons. The zero-order valence-electron chi connectivity index (χ0n) is 18.6. The topological polar surface area (TPSA) is 23.5 Å². The summed E-state index contributed by atoms with van der Waals surface area (Å²) in [5, 5.41) is 10.8. The predicted molar refractivity (Wildman–Crippen MR) is 120 cm³/mol. The van der Waals surface area contributed by atoms with E-state index in [9.17, 15) is 5.11 Å². The highest BCUT2D eigenvalue weighted by atomic mass is 16.3.